The lowest BCUT2D eigenvalue weighted by Crippen LogP contribution is -2.52. The van der Waals surface area contributed by atoms with Gasteiger partial charge in [-0.3, -0.25) is 10.1 Å². The first-order chi connectivity index (χ1) is 19.2. The smallest absolute Gasteiger partial charge is 0.431 e. The first kappa shape index (κ1) is 39.3. The molecule has 42 heavy (non-hydrogen) atoms. The minimum Gasteiger partial charge on any atom is -0.452 e. The van der Waals surface area contributed by atoms with Gasteiger partial charge < -0.3 is 25.3 Å². The van der Waals surface area contributed by atoms with Crippen molar-refractivity contribution in [2.45, 2.75) is 143 Å². The molecule has 0 aliphatic heterocycles. The number of amides is 3. The summed E-state index contributed by atoms with van der Waals surface area (Å²) in [4.78, 5) is 51.3. The highest BCUT2D eigenvalue weighted by atomic mass is 32.2. The third kappa shape index (κ3) is 21.1. The van der Waals surface area contributed by atoms with Crippen molar-refractivity contribution in [3.05, 3.63) is 0 Å². The third-order valence-corrected chi connectivity index (χ3v) is 5.90. The van der Waals surface area contributed by atoms with Crippen LogP contribution >= 0.6 is 11.8 Å². The maximum atomic E-state index is 13.4. The Morgan fingerprint density at radius 3 is 1.79 bits per heavy atom. The highest BCUT2D eigenvalue weighted by molar-refractivity contribution is 8.13. The van der Waals surface area contributed by atoms with Crippen molar-refractivity contribution in [3.63, 3.8) is 0 Å². The van der Waals surface area contributed by atoms with Crippen molar-refractivity contribution in [2.75, 3.05) is 12.3 Å². The van der Waals surface area contributed by atoms with Gasteiger partial charge in [0.2, 0.25) is 11.9 Å². The van der Waals surface area contributed by atoms with Gasteiger partial charge in [0.05, 0.1) is 0 Å². The molecule has 0 aromatic rings. The summed E-state index contributed by atoms with van der Waals surface area (Å²) in [6.07, 6.45) is 6.91. The van der Waals surface area contributed by atoms with Crippen LogP contribution in [0.2, 0.25) is 0 Å². The fraction of sp³-hybridized carbons (Fsp3) is 0.828. The van der Waals surface area contributed by atoms with Crippen LogP contribution < -0.4 is 16.4 Å². The van der Waals surface area contributed by atoms with Gasteiger partial charge in [-0.1, -0.05) is 51.9 Å². The molecule has 0 heterocycles. The minimum atomic E-state index is -1.31. The Labute approximate surface area is 256 Å². The number of ether oxygens (including phenoxy) is 3. The minimum absolute atomic E-state index is 0.208. The number of nitrogens with two attached hydrogens (primary N) is 1. The zero-order chi connectivity index (χ0) is 32.6. The van der Waals surface area contributed by atoms with Crippen LogP contribution in [-0.4, -0.2) is 69.5 Å². The lowest BCUT2D eigenvalue weighted by atomic mass is 10.1. The molecular weight excluding hydrogens is 562 g/mol. The maximum Gasteiger partial charge on any atom is 0.431 e. The summed E-state index contributed by atoms with van der Waals surface area (Å²) in [7, 11) is 0. The Hall–Kier alpha value is -2.70. The van der Waals surface area contributed by atoms with E-state index in [0.29, 0.717) is 18.3 Å². The zero-order valence-corrected chi connectivity index (χ0v) is 28.2. The molecule has 0 rings (SSSR count). The van der Waals surface area contributed by atoms with Crippen LogP contribution in [0.3, 0.4) is 0 Å². The van der Waals surface area contributed by atoms with Crippen LogP contribution in [0, 0.1) is 0 Å². The van der Waals surface area contributed by atoms with E-state index in [9.17, 15) is 19.2 Å². The average Bonchev–Trinajstić information content (AvgIpc) is 2.78. The summed E-state index contributed by atoms with van der Waals surface area (Å²) in [5.41, 5.74) is 3.44. The molecule has 0 bridgehead atoms. The van der Waals surface area contributed by atoms with Gasteiger partial charge in [0.1, 0.15) is 22.8 Å². The number of guanidine groups is 1. The number of unbranched alkanes of at least 4 members (excludes halogenated alkanes) is 7. The highest BCUT2D eigenvalue weighted by Crippen LogP contribution is 2.20. The van der Waals surface area contributed by atoms with E-state index in [1.54, 1.807) is 62.3 Å². The Morgan fingerprint density at radius 2 is 1.29 bits per heavy atom. The number of hydrazone groups is 1. The predicted molar refractivity (Wildman–Crippen MR) is 167 cm³/mol. The van der Waals surface area contributed by atoms with Crippen LogP contribution in [0.25, 0.3) is 0 Å². The van der Waals surface area contributed by atoms with Gasteiger partial charge in [0, 0.05) is 12.3 Å². The molecule has 0 saturated heterocycles. The number of nitrogens with one attached hydrogen (secondary N) is 2. The molecule has 13 heteroatoms. The molecule has 244 valence electrons. The number of thioether (sulfide) groups is 1. The first-order valence-corrected chi connectivity index (χ1v) is 15.7. The Morgan fingerprint density at radius 1 is 0.786 bits per heavy atom. The molecule has 4 N–H and O–H groups in total. The van der Waals surface area contributed by atoms with Gasteiger partial charge in [0.25, 0.3) is 0 Å². The molecule has 0 spiro atoms. The molecule has 0 aliphatic carbocycles. The van der Waals surface area contributed by atoms with Gasteiger partial charge in [-0.25, -0.2) is 14.4 Å². The van der Waals surface area contributed by atoms with E-state index in [-0.39, 0.29) is 5.75 Å². The van der Waals surface area contributed by atoms with Gasteiger partial charge in [-0.2, -0.15) is 5.01 Å². The van der Waals surface area contributed by atoms with Gasteiger partial charge in [0.15, 0.2) is 0 Å². The summed E-state index contributed by atoms with van der Waals surface area (Å²) in [5, 5.41) is 9.20. The molecule has 0 fully saturated rings. The van der Waals surface area contributed by atoms with E-state index in [1.165, 1.54) is 25.7 Å². The summed E-state index contributed by atoms with van der Waals surface area (Å²) in [6, 6.07) is -1.31. The summed E-state index contributed by atoms with van der Waals surface area (Å²) < 4.78 is 16.0. The lowest BCUT2D eigenvalue weighted by Gasteiger charge is -2.29. The van der Waals surface area contributed by atoms with Crippen LogP contribution in [-0.2, 0) is 19.0 Å². The van der Waals surface area contributed by atoms with Crippen molar-refractivity contribution in [2.24, 2.45) is 10.8 Å². The Balaban J connectivity index is 5.84. The first-order valence-electron chi connectivity index (χ1n) is 14.7. The number of hydrogen-bond donors (Lipinski definition) is 3. The zero-order valence-electron chi connectivity index (χ0n) is 27.4. The van der Waals surface area contributed by atoms with Crippen molar-refractivity contribution in [1.82, 2.24) is 15.6 Å². The fourth-order valence-electron chi connectivity index (χ4n) is 3.37. The second-order valence-electron chi connectivity index (χ2n) is 13.0. The van der Waals surface area contributed by atoms with E-state index in [1.807, 2.05) is 0 Å². The Kier molecular flexibility index (Phi) is 17.6. The number of rotatable bonds is 14. The van der Waals surface area contributed by atoms with Gasteiger partial charge in [-0.05, 0) is 80.5 Å². The molecule has 0 saturated carbocycles. The molecule has 0 unspecified atom stereocenters. The van der Waals surface area contributed by atoms with Crippen molar-refractivity contribution in [3.8, 4) is 0 Å². The second kappa shape index (κ2) is 18.8. The molecule has 1 atom stereocenters. The molecule has 0 aliphatic rings. The number of carbonyl (C=O) groups is 4. The number of nitrogens with zero attached hydrogens (tertiary/aromatic N) is 2. The van der Waals surface area contributed by atoms with E-state index >= 15 is 0 Å². The molecular formula is C29H55N5O7S. The van der Waals surface area contributed by atoms with Crippen molar-refractivity contribution < 1.29 is 33.4 Å². The second-order valence-corrected chi connectivity index (χ2v) is 13.9. The number of hydrogen-bond acceptors (Lipinski definition) is 9. The summed E-state index contributed by atoms with van der Waals surface area (Å²) in [6.45, 7) is 17.7. The average molecular weight is 618 g/mol. The molecule has 0 aromatic heterocycles. The fourth-order valence-corrected chi connectivity index (χ4v) is 4.26. The molecule has 12 nitrogen and oxygen atoms in total. The summed E-state index contributed by atoms with van der Waals surface area (Å²) >= 11 is 0.716. The lowest BCUT2D eigenvalue weighted by molar-refractivity contribution is -0.125. The van der Waals surface area contributed by atoms with E-state index < -0.39 is 52.2 Å². The molecule has 3 amide bonds. The van der Waals surface area contributed by atoms with E-state index in [4.69, 9.17) is 19.9 Å². The van der Waals surface area contributed by atoms with Crippen molar-refractivity contribution >= 4 is 41.1 Å². The van der Waals surface area contributed by atoms with Crippen LogP contribution in [0.1, 0.15) is 121 Å². The standard InChI is InChI=1S/C29H55N5O7S/c1-11-12-13-14-15-16-17-18-19-31-22(35)21(20-42-26(38)41-29(8,9)10)34(25(37)40-28(5,6)7)33-23(30)32-24(36)39-27(2,3)4/h21H,11-20H2,1-10H3,(H,31,35)(H3,30,32,33,36)/t21-/m0/s1. The largest absolute Gasteiger partial charge is 0.452 e. The molecule has 0 radical (unpaired) electrons. The number of carbonyl (C=O) groups excluding carboxylic acids is 4. The van der Waals surface area contributed by atoms with Crippen LogP contribution in [0.5, 0.6) is 0 Å². The van der Waals surface area contributed by atoms with Crippen LogP contribution in [0.4, 0.5) is 14.4 Å². The predicted octanol–water partition coefficient (Wildman–Crippen LogP) is 6.27. The van der Waals surface area contributed by atoms with E-state index in [0.717, 1.165) is 30.7 Å². The molecule has 0 aromatic carbocycles. The quantitative estimate of drug-likeness (QED) is 0.0509. The third-order valence-electron chi connectivity index (χ3n) is 5.10. The van der Waals surface area contributed by atoms with Gasteiger partial charge in [-0.15, -0.1) is 5.10 Å². The van der Waals surface area contributed by atoms with Crippen molar-refractivity contribution in [1.29, 1.82) is 0 Å². The van der Waals surface area contributed by atoms with Crippen LogP contribution in [0.15, 0.2) is 5.10 Å². The van der Waals surface area contributed by atoms with E-state index in [2.05, 4.69) is 22.7 Å². The summed E-state index contributed by atoms with van der Waals surface area (Å²) in [5.74, 6) is -1.27. The highest BCUT2D eigenvalue weighted by Gasteiger charge is 2.35. The number of alkyl carbamates (subject to hydrolysis) is 1. The monoisotopic (exact) mass is 617 g/mol. The topological polar surface area (TPSA) is 162 Å². The van der Waals surface area contributed by atoms with Gasteiger partial charge >= 0.3 is 17.5 Å². The maximum absolute atomic E-state index is 13.4. The SMILES string of the molecule is CCCCCCCCCCNC(=O)[C@H](CSC(=O)OC(C)(C)C)N(N=C(N)NC(=O)OC(C)(C)C)C(=O)OC(C)(C)C. The Bertz CT molecular complexity index is 892. The normalized spacial score (nSPS) is 13.1.